The Hall–Kier alpha value is -0.550. The summed E-state index contributed by atoms with van der Waals surface area (Å²) in [5, 5.41) is 4.49. The topological polar surface area (TPSA) is 50.7 Å². The highest BCUT2D eigenvalue weighted by atomic mass is 32.2. The third kappa shape index (κ3) is 2.82. The van der Waals surface area contributed by atoms with Gasteiger partial charge in [-0.2, -0.15) is 4.99 Å². The molecule has 1 N–H and O–H groups in total. The first-order valence-corrected chi connectivity index (χ1v) is 9.60. The van der Waals surface area contributed by atoms with Crippen LogP contribution in [0.2, 0.25) is 0 Å². The molecule has 2 aliphatic heterocycles. The number of amidine groups is 1. The summed E-state index contributed by atoms with van der Waals surface area (Å²) in [6, 6.07) is 0.559. The number of aliphatic imine (C=N–C) groups is 1. The van der Waals surface area contributed by atoms with Gasteiger partial charge in [-0.3, -0.25) is 4.79 Å². The molecule has 3 fully saturated rings. The number of amides is 1. The van der Waals surface area contributed by atoms with Crippen molar-refractivity contribution in [2.75, 3.05) is 13.2 Å². The Morgan fingerprint density at radius 1 is 1.27 bits per heavy atom. The Bertz CT molecular complexity index is 489. The molecule has 1 saturated heterocycles. The Morgan fingerprint density at radius 2 is 2.09 bits per heavy atom. The standard InChI is InChI=1S/C17H26N2O2S/c1-17(10-11-4-6-21-7-5-11)15(20)19-16(22-17)18-14-9-12-2-3-13(14)8-12/h11-14H,2-10H2,1H3,(H,18,19,20)/t12-,13-,14?,17-/m0/s1. The SMILES string of the molecule is C[C@@]1(CC2CCOCC2)SC(NC2C[C@H]3CC[C@H]2C3)=NC1=O. The molecule has 4 aliphatic rings. The molecule has 2 heterocycles. The average molecular weight is 322 g/mol. The minimum atomic E-state index is -0.359. The van der Waals surface area contributed by atoms with Crippen LogP contribution >= 0.6 is 11.8 Å². The lowest BCUT2D eigenvalue weighted by molar-refractivity contribution is -0.120. The van der Waals surface area contributed by atoms with Gasteiger partial charge in [0.25, 0.3) is 5.91 Å². The maximum absolute atomic E-state index is 12.4. The van der Waals surface area contributed by atoms with E-state index < -0.39 is 0 Å². The summed E-state index contributed by atoms with van der Waals surface area (Å²) < 4.78 is 5.07. The Kier molecular flexibility index (Phi) is 3.97. The van der Waals surface area contributed by atoms with Crippen molar-refractivity contribution in [3.05, 3.63) is 0 Å². The van der Waals surface area contributed by atoms with Gasteiger partial charge in [0.05, 0.1) is 0 Å². The average Bonchev–Trinajstić information content (AvgIpc) is 3.16. The number of nitrogens with zero attached hydrogens (tertiary/aromatic N) is 1. The molecule has 2 bridgehead atoms. The summed E-state index contributed by atoms with van der Waals surface area (Å²) in [5.41, 5.74) is 0. The van der Waals surface area contributed by atoms with E-state index in [1.165, 1.54) is 25.7 Å². The molecule has 0 spiro atoms. The van der Waals surface area contributed by atoms with Crippen molar-refractivity contribution < 1.29 is 9.53 Å². The second-order valence-electron chi connectivity index (χ2n) is 7.74. The van der Waals surface area contributed by atoms with Crippen molar-refractivity contribution in [3.8, 4) is 0 Å². The molecule has 0 aromatic carbocycles. The third-order valence-corrected chi connectivity index (χ3v) is 7.24. The summed E-state index contributed by atoms with van der Waals surface area (Å²) in [6.07, 6.45) is 8.51. The first-order valence-electron chi connectivity index (χ1n) is 8.79. The van der Waals surface area contributed by atoms with E-state index in [2.05, 4.69) is 17.2 Å². The zero-order chi connectivity index (χ0) is 15.2. The first-order chi connectivity index (χ1) is 10.6. The highest BCUT2D eigenvalue weighted by Crippen LogP contribution is 2.46. The van der Waals surface area contributed by atoms with Gasteiger partial charge >= 0.3 is 0 Å². The summed E-state index contributed by atoms with van der Waals surface area (Å²) >= 11 is 1.68. The van der Waals surface area contributed by atoms with Gasteiger partial charge in [0.1, 0.15) is 4.75 Å². The van der Waals surface area contributed by atoms with Gasteiger partial charge in [0, 0.05) is 19.3 Å². The molecule has 2 aliphatic carbocycles. The fraction of sp³-hybridized carbons (Fsp3) is 0.882. The molecule has 4 rings (SSSR count). The minimum absolute atomic E-state index is 0.0645. The van der Waals surface area contributed by atoms with E-state index in [-0.39, 0.29) is 10.7 Å². The van der Waals surface area contributed by atoms with Crippen LogP contribution in [0.3, 0.4) is 0 Å². The van der Waals surface area contributed by atoms with Crippen molar-refractivity contribution in [1.29, 1.82) is 0 Å². The van der Waals surface area contributed by atoms with E-state index in [0.717, 1.165) is 49.5 Å². The van der Waals surface area contributed by atoms with Crippen molar-refractivity contribution in [3.63, 3.8) is 0 Å². The molecule has 0 aromatic rings. The van der Waals surface area contributed by atoms with Crippen LogP contribution < -0.4 is 5.32 Å². The number of thioether (sulfide) groups is 1. The monoisotopic (exact) mass is 322 g/mol. The molecular weight excluding hydrogens is 296 g/mol. The maximum Gasteiger partial charge on any atom is 0.264 e. The van der Waals surface area contributed by atoms with Crippen LogP contribution in [0.4, 0.5) is 0 Å². The summed E-state index contributed by atoms with van der Waals surface area (Å²) in [5.74, 6) is 2.39. The molecular formula is C17H26N2O2S. The summed E-state index contributed by atoms with van der Waals surface area (Å²) in [6.45, 7) is 3.77. The number of ether oxygens (including phenoxy) is 1. The minimum Gasteiger partial charge on any atom is -0.381 e. The van der Waals surface area contributed by atoms with Gasteiger partial charge in [-0.15, -0.1) is 0 Å². The van der Waals surface area contributed by atoms with Gasteiger partial charge in [-0.25, -0.2) is 0 Å². The van der Waals surface area contributed by atoms with Gasteiger partial charge in [-0.1, -0.05) is 18.2 Å². The van der Waals surface area contributed by atoms with Crippen molar-refractivity contribution in [2.45, 2.75) is 62.7 Å². The largest absolute Gasteiger partial charge is 0.381 e. The number of hydrogen-bond donors (Lipinski definition) is 1. The zero-order valence-electron chi connectivity index (χ0n) is 13.3. The second kappa shape index (κ2) is 5.82. The van der Waals surface area contributed by atoms with Crippen molar-refractivity contribution in [2.24, 2.45) is 22.7 Å². The quantitative estimate of drug-likeness (QED) is 0.868. The van der Waals surface area contributed by atoms with Gasteiger partial charge < -0.3 is 10.1 Å². The van der Waals surface area contributed by atoms with Crippen LogP contribution in [0, 0.1) is 17.8 Å². The zero-order valence-corrected chi connectivity index (χ0v) is 14.2. The molecule has 1 amide bonds. The molecule has 0 radical (unpaired) electrons. The second-order valence-corrected chi connectivity index (χ2v) is 9.23. The molecule has 2 saturated carbocycles. The predicted molar refractivity (Wildman–Crippen MR) is 89.0 cm³/mol. The van der Waals surface area contributed by atoms with Crippen molar-refractivity contribution in [1.82, 2.24) is 5.32 Å². The lowest BCUT2D eigenvalue weighted by Crippen LogP contribution is -2.37. The molecule has 22 heavy (non-hydrogen) atoms. The number of carbonyl (C=O) groups is 1. The number of hydrogen-bond acceptors (Lipinski definition) is 4. The summed E-state index contributed by atoms with van der Waals surface area (Å²) in [4.78, 5) is 16.8. The summed E-state index contributed by atoms with van der Waals surface area (Å²) in [7, 11) is 0. The highest BCUT2D eigenvalue weighted by Gasteiger charge is 2.45. The van der Waals surface area contributed by atoms with Crippen LogP contribution in [0.25, 0.3) is 0 Å². The lowest BCUT2D eigenvalue weighted by atomic mass is 9.89. The smallest absolute Gasteiger partial charge is 0.264 e. The van der Waals surface area contributed by atoms with Crippen molar-refractivity contribution >= 4 is 22.8 Å². The normalized spacial score (nSPS) is 42.0. The number of nitrogens with one attached hydrogen (secondary N) is 1. The molecule has 122 valence electrons. The van der Waals surface area contributed by atoms with E-state index in [1.807, 2.05) is 0 Å². The van der Waals surface area contributed by atoms with Crippen LogP contribution in [-0.4, -0.2) is 35.1 Å². The lowest BCUT2D eigenvalue weighted by Gasteiger charge is -2.29. The predicted octanol–water partition coefficient (Wildman–Crippen LogP) is 2.97. The highest BCUT2D eigenvalue weighted by molar-refractivity contribution is 8.16. The van der Waals surface area contributed by atoms with E-state index in [4.69, 9.17) is 4.74 Å². The fourth-order valence-corrected chi connectivity index (χ4v) is 5.98. The van der Waals surface area contributed by atoms with E-state index in [0.29, 0.717) is 12.0 Å². The van der Waals surface area contributed by atoms with Crippen LogP contribution in [0.15, 0.2) is 4.99 Å². The third-order valence-electron chi connectivity index (χ3n) is 6.04. The van der Waals surface area contributed by atoms with Crippen LogP contribution in [0.5, 0.6) is 0 Å². The van der Waals surface area contributed by atoms with E-state index >= 15 is 0 Å². The molecule has 4 nitrogen and oxygen atoms in total. The Morgan fingerprint density at radius 3 is 2.77 bits per heavy atom. The Labute approximate surface area is 136 Å². The first kappa shape index (κ1) is 15.0. The molecule has 0 aromatic heterocycles. The Balaban J connectivity index is 1.35. The van der Waals surface area contributed by atoms with Gasteiger partial charge in [0.2, 0.25) is 0 Å². The van der Waals surface area contributed by atoms with E-state index in [9.17, 15) is 4.79 Å². The van der Waals surface area contributed by atoms with Gasteiger partial charge in [0.15, 0.2) is 5.17 Å². The number of fused-ring (bicyclic) bond motifs is 2. The molecule has 1 unspecified atom stereocenters. The van der Waals surface area contributed by atoms with Crippen LogP contribution in [-0.2, 0) is 9.53 Å². The molecule has 5 heteroatoms. The van der Waals surface area contributed by atoms with Crippen LogP contribution in [0.1, 0.15) is 51.9 Å². The van der Waals surface area contributed by atoms with E-state index in [1.54, 1.807) is 11.8 Å². The number of carbonyl (C=O) groups excluding carboxylic acids is 1. The fourth-order valence-electron chi connectivity index (χ4n) is 4.76. The number of rotatable bonds is 3. The molecule has 4 atom stereocenters. The van der Waals surface area contributed by atoms with Gasteiger partial charge in [-0.05, 0) is 63.2 Å². The maximum atomic E-state index is 12.4.